The predicted octanol–water partition coefficient (Wildman–Crippen LogP) is 2.07. The molecule has 1 aliphatic heterocycles. The third kappa shape index (κ3) is 3.28. The van der Waals surface area contributed by atoms with Crippen LogP contribution in [0.5, 0.6) is 0 Å². The molecule has 0 unspecified atom stereocenters. The first-order chi connectivity index (χ1) is 10.6. The van der Waals surface area contributed by atoms with Crippen molar-refractivity contribution in [1.29, 1.82) is 0 Å². The summed E-state index contributed by atoms with van der Waals surface area (Å²) in [6, 6.07) is 5.28. The van der Waals surface area contributed by atoms with Gasteiger partial charge in [0.15, 0.2) is 11.0 Å². The summed E-state index contributed by atoms with van der Waals surface area (Å²) in [5.74, 6) is 0.964. The third-order valence-corrected chi connectivity index (χ3v) is 4.07. The molecule has 116 valence electrons. The van der Waals surface area contributed by atoms with Crippen LogP contribution >= 0.6 is 11.6 Å². The van der Waals surface area contributed by atoms with Crippen LogP contribution in [0, 0.1) is 0 Å². The monoisotopic (exact) mass is 320 g/mol. The minimum atomic E-state index is -0.112. The van der Waals surface area contributed by atoms with Crippen molar-refractivity contribution in [2.75, 3.05) is 20.1 Å². The van der Waals surface area contributed by atoms with Gasteiger partial charge in [0.05, 0.1) is 6.54 Å². The normalized spacial score (nSPS) is 18.1. The Balaban J connectivity index is 1.58. The fourth-order valence-electron chi connectivity index (χ4n) is 2.63. The molecule has 1 atom stereocenters. The van der Waals surface area contributed by atoms with Crippen LogP contribution in [0.3, 0.4) is 0 Å². The minimum absolute atomic E-state index is 0.112. The molecule has 2 aromatic rings. The number of rotatable bonds is 4. The first-order valence-corrected chi connectivity index (χ1v) is 7.52. The number of amides is 1. The lowest BCUT2D eigenvalue weighted by Gasteiger charge is -2.23. The largest absolute Gasteiger partial charge is 0.440 e. The van der Waals surface area contributed by atoms with E-state index in [1.54, 1.807) is 35.5 Å². The Kier molecular flexibility index (Phi) is 4.40. The molecule has 1 fully saturated rings. The second-order valence-corrected chi connectivity index (χ2v) is 5.75. The molecule has 1 aliphatic rings. The summed E-state index contributed by atoms with van der Waals surface area (Å²) in [5.41, 5.74) is 0. The number of hydrogen-bond acceptors (Lipinski definition) is 5. The molecule has 3 rings (SSSR count). The van der Waals surface area contributed by atoms with Crippen LogP contribution in [0.2, 0.25) is 5.22 Å². The van der Waals surface area contributed by atoms with Crippen molar-refractivity contribution < 1.29 is 9.21 Å². The quantitative estimate of drug-likeness (QED) is 0.863. The summed E-state index contributed by atoms with van der Waals surface area (Å²) >= 11 is 5.72. The number of carbonyl (C=O) groups excluding carboxylic acids is 1. The number of carbonyl (C=O) groups is 1. The Labute approximate surface area is 133 Å². The Morgan fingerprint density at radius 2 is 2.23 bits per heavy atom. The molecule has 0 spiro atoms. The van der Waals surface area contributed by atoms with E-state index in [9.17, 15) is 4.79 Å². The van der Waals surface area contributed by atoms with E-state index in [4.69, 9.17) is 16.0 Å². The van der Waals surface area contributed by atoms with E-state index in [0.717, 1.165) is 12.2 Å². The maximum Gasteiger partial charge on any atom is 0.289 e. The van der Waals surface area contributed by atoms with Crippen molar-refractivity contribution in [1.82, 2.24) is 19.8 Å². The van der Waals surface area contributed by atoms with Gasteiger partial charge in [-0.25, -0.2) is 9.97 Å². The first-order valence-electron chi connectivity index (χ1n) is 7.14. The highest BCUT2D eigenvalue weighted by molar-refractivity contribution is 6.29. The molecule has 0 N–H and O–H groups in total. The van der Waals surface area contributed by atoms with Crippen molar-refractivity contribution >= 4 is 17.5 Å². The molecule has 1 amide bonds. The summed E-state index contributed by atoms with van der Waals surface area (Å²) in [4.78, 5) is 24.8. The first kappa shape index (κ1) is 15.0. The maximum atomic E-state index is 12.3. The van der Waals surface area contributed by atoms with Crippen molar-refractivity contribution in [3.05, 3.63) is 47.4 Å². The number of aromatic nitrogens is 2. The Morgan fingerprint density at radius 1 is 1.45 bits per heavy atom. The van der Waals surface area contributed by atoms with Gasteiger partial charge >= 0.3 is 0 Å². The lowest BCUT2D eigenvalue weighted by atomic mass is 10.2. The second kappa shape index (κ2) is 6.46. The number of likely N-dealkylation sites (N-methyl/N-ethyl adjacent to an activating group) is 1. The van der Waals surface area contributed by atoms with E-state index in [-0.39, 0.29) is 17.2 Å². The SMILES string of the molecule is CN(Cc1ncccn1)[C@H]1CCN(C(=O)c2ccc(Cl)o2)C1. The van der Waals surface area contributed by atoms with Crippen LogP contribution in [0.15, 0.2) is 35.0 Å². The number of hydrogen-bond donors (Lipinski definition) is 0. The highest BCUT2D eigenvalue weighted by Crippen LogP contribution is 2.20. The van der Waals surface area contributed by atoms with Crippen molar-refractivity contribution in [2.24, 2.45) is 0 Å². The van der Waals surface area contributed by atoms with Gasteiger partial charge < -0.3 is 9.32 Å². The third-order valence-electron chi connectivity index (χ3n) is 3.87. The van der Waals surface area contributed by atoms with Crippen LogP contribution in [0.25, 0.3) is 0 Å². The molecule has 0 radical (unpaired) electrons. The zero-order valence-corrected chi connectivity index (χ0v) is 13.0. The number of likely N-dealkylation sites (tertiary alicyclic amines) is 1. The van der Waals surface area contributed by atoms with Crippen LogP contribution in [0.4, 0.5) is 0 Å². The van der Waals surface area contributed by atoms with E-state index in [0.29, 0.717) is 25.4 Å². The maximum absolute atomic E-state index is 12.3. The molecule has 0 aromatic carbocycles. The van der Waals surface area contributed by atoms with Gasteiger partial charge in [-0.2, -0.15) is 0 Å². The Hall–Kier alpha value is -1.92. The molecular formula is C15H17ClN4O2. The molecule has 22 heavy (non-hydrogen) atoms. The van der Waals surface area contributed by atoms with Gasteiger partial charge in [-0.15, -0.1) is 0 Å². The van der Waals surface area contributed by atoms with E-state index in [2.05, 4.69) is 14.9 Å². The summed E-state index contributed by atoms with van der Waals surface area (Å²) in [6.07, 6.45) is 4.39. The van der Waals surface area contributed by atoms with Crippen LogP contribution in [0.1, 0.15) is 22.8 Å². The lowest BCUT2D eigenvalue weighted by Crippen LogP contribution is -2.36. The Morgan fingerprint density at radius 3 is 2.91 bits per heavy atom. The standard InChI is InChI=1S/C15H17ClN4O2/c1-19(10-14-17-6-2-7-18-14)11-5-8-20(9-11)15(21)12-3-4-13(16)22-12/h2-4,6-7,11H,5,8-10H2,1H3/t11-/m0/s1. The van der Waals surface area contributed by atoms with Crippen LogP contribution in [-0.2, 0) is 6.54 Å². The van der Waals surface area contributed by atoms with Gasteiger partial charge in [-0.1, -0.05) is 0 Å². The smallest absolute Gasteiger partial charge is 0.289 e. The van der Waals surface area contributed by atoms with Crippen molar-refractivity contribution in [2.45, 2.75) is 19.0 Å². The minimum Gasteiger partial charge on any atom is -0.440 e. The van der Waals surface area contributed by atoms with Crippen LogP contribution in [-0.4, -0.2) is 51.9 Å². The molecule has 0 saturated carbocycles. The van der Waals surface area contributed by atoms with Gasteiger partial charge in [0, 0.05) is 31.5 Å². The fraction of sp³-hybridized carbons (Fsp3) is 0.400. The van der Waals surface area contributed by atoms with Gasteiger partial charge in [-0.3, -0.25) is 9.69 Å². The van der Waals surface area contributed by atoms with E-state index in [1.165, 1.54) is 0 Å². The molecule has 0 bridgehead atoms. The highest BCUT2D eigenvalue weighted by Gasteiger charge is 2.30. The number of nitrogens with zero attached hydrogens (tertiary/aromatic N) is 4. The van der Waals surface area contributed by atoms with Crippen molar-refractivity contribution in [3.8, 4) is 0 Å². The van der Waals surface area contributed by atoms with E-state index < -0.39 is 0 Å². The summed E-state index contributed by atoms with van der Waals surface area (Å²) in [6.45, 7) is 2.04. The molecule has 0 aliphatic carbocycles. The van der Waals surface area contributed by atoms with Gasteiger partial charge in [0.25, 0.3) is 5.91 Å². The average Bonchev–Trinajstić information content (AvgIpc) is 3.16. The van der Waals surface area contributed by atoms with E-state index >= 15 is 0 Å². The number of halogens is 1. The van der Waals surface area contributed by atoms with E-state index in [1.807, 2.05) is 7.05 Å². The van der Waals surface area contributed by atoms with Gasteiger partial charge in [0.1, 0.15) is 5.82 Å². The van der Waals surface area contributed by atoms with Crippen LogP contribution < -0.4 is 0 Å². The number of furan rings is 1. The van der Waals surface area contributed by atoms with Gasteiger partial charge in [0.2, 0.25) is 0 Å². The molecule has 2 aromatic heterocycles. The molecule has 3 heterocycles. The zero-order chi connectivity index (χ0) is 15.5. The van der Waals surface area contributed by atoms with Crippen molar-refractivity contribution in [3.63, 3.8) is 0 Å². The molecular weight excluding hydrogens is 304 g/mol. The van der Waals surface area contributed by atoms with Gasteiger partial charge in [-0.05, 0) is 43.3 Å². The second-order valence-electron chi connectivity index (χ2n) is 5.38. The zero-order valence-electron chi connectivity index (χ0n) is 12.3. The molecule has 7 heteroatoms. The highest BCUT2D eigenvalue weighted by atomic mass is 35.5. The topological polar surface area (TPSA) is 62.5 Å². The molecule has 1 saturated heterocycles. The predicted molar refractivity (Wildman–Crippen MR) is 81.5 cm³/mol. The summed E-state index contributed by atoms with van der Waals surface area (Å²) < 4.78 is 5.19. The fourth-order valence-corrected chi connectivity index (χ4v) is 2.78. The Bertz CT molecular complexity index is 646. The lowest BCUT2D eigenvalue weighted by molar-refractivity contribution is 0.0748. The summed E-state index contributed by atoms with van der Waals surface area (Å²) in [5, 5.41) is 0.234. The summed E-state index contributed by atoms with van der Waals surface area (Å²) in [7, 11) is 2.03. The molecule has 6 nitrogen and oxygen atoms in total. The average molecular weight is 321 g/mol.